The number of anilines is 1. The summed E-state index contributed by atoms with van der Waals surface area (Å²) in [4.78, 5) is 24.2. The number of fused-ring (bicyclic) bond motifs is 1. The Hall–Kier alpha value is -3.29. The Morgan fingerprint density at radius 2 is 1.83 bits per heavy atom. The van der Waals surface area contributed by atoms with Gasteiger partial charge in [0.1, 0.15) is 0 Å². The van der Waals surface area contributed by atoms with E-state index in [9.17, 15) is 18.4 Å². The van der Waals surface area contributed by atoms with Crippen molar-refractivity contribution in [2.45, 2.75) is 31.2 Å². The van der Waals surface area contributed by atoms with Crippen molar-refractivity contribution >= 4 is 28.4 Å². The molecule has 1 aliphatic rings. The van der Waals surface area contributed by atoms with Crippen molar-refractivity contribution in [2.24, 2.45) is 7.05 Å². The number of carbonyl (C=O) groups is 2. The van der Waals surface area contributed by atoms with E-state index in [1.807, 2.05) is 31.4 Å². The number of aromatic nitrogens is 2. The molecule has 4 rings (SSSR count). The fourth-order valence-corrected chi connectivity index (χ4v) is 3.38. The molecule has 3 aromatic rings. The summed E-state index contributed by atoms with van der Waals surface area (Å²) in [6.45, 7) is 1.70. The number of aryl methyl sites for hydroxylation is 1. The molecule has 1 aliphatic carbocycles. The van der Waals surface area contributed by atoms with Gasteiger partial charge in [-0.05, 0) is 36.2 Å². The molecule has 8 heteroatoms. The van der Waals surface area contributed by atoms with Gasteiger partial charge in [0.05, 0.1) is 10.9 Å². The van der Waals surface area contributed by atoms with Crippen LogP contribution in [-0.2, 0) is 28.6 Å². The lowest BCUT2D eigenvalue weighted by Gasteiger charge is -2.12. The molecule has 0 bridgehead atoms. The zero-order valence-electron chi connectivity index (χ0n) is 16.0. The normalized spacial score (nSPS) is 19.7. The van der Waals surface area contributed by atoms with Crippen LogP contribution < -0.4 is 10.6 Å². The number of alkyl halides is 2. The zero-order valence-corrected chi connectivity index (χ0v) is 16.0. The SMILES string of the molecule is Cn1cc2ccc(CNC(=O)C(=O)Nc3ccc(C4(C)CC4(F)F)cc3)cc2n1. The monoisotopic (exact) mass is 398 g/mol. The van der Waals surface area contributed by atoms with Crippen LogP contribution in [0.15, 0.2) is 48.7 Å². The van der Waals surface area contributed by atoms with Gasteiger partial charge in [-0.2, -0.15) is 5.10 Å². The van der Waals surface area contributed by atoms with Gasteiger partial charge in [0, 0.05) is 37.3 Å². The third-order valence-electron chi connectivity index (χ3n) is 5.38. The molecule has 0 aliphatic heterocycles. The fraction of sp³-hybridized carbons (Fsp3) is 0.286. The van der Waals surface area contributed by atoms with Gasteiger partial charge in [-0.1, -0.05) is 24.3 Å². The Morgan fingerprint density at radius 3 is 2.48 bits per heavy atom. The van der Waals surface area contributed by atoms with E-state index in [1.165, 1.54) is 19.1 Å². The summed E-state index contributed by atoms with van der Waals surface area (Å²) in [5, 5.41) is 10.3. The first kappa shape index (κ1) is 19.0. The molecule has 1 fully saturated rings. The van der Waals surface area contributed by atoms with Gasteiger partial charge in [-0.25, -0.2) is 8.78 Å². The van der Waals surface area contributed by atoms with Crippen molar-refractivity contribution in [2.75, 3.05) is 5.32 Å². The number of hydrogen-bond acceptors (Lipinski definition) is 3. The standard InChI is InChI=1S/C21H20F2N4O2/c1-20(12-21(20,22)23)15-5-7-16(8-6-15)25-19(29)18(28)24-10-13-3-4-14-11-27(2)26-17(14)9-13/h3-9,11H,10,12H2,1-2H3,(H,24,28)(H,25,29). The highest BCUT2D eigenvalue weighted by Crippen LogP contribution is 2.61. The number of hydrogen-bond donors (Lipinski definition) is 2. The fourth-order valence-electron chi connectivity index (χ4n) is 3.38. The van der Waals surface area contributed by atoms with Gasteiger partial charge in [0.25, 0.3) is 5.92 Å². The highest BCUT2D eigenvalue weighted by Gasteiger charge is 2.68. The summed E-state index contributed by atoms with van der Waals surface area (Å²) in [6.07, 6.45) is 1.71. The van der Waals surface area contributed by atoms with Crippen LogP contribution in [0.25, 0.3) is 10.9 Å². The summed E-state index contributed by atoms with van der Waals surface area (Å²) >= 11 is 0. The lowest BCUT2D eigenvalue weighted by Crippen LogP contribution is -2.34. The molecule has 1 unspecified atom stereocenters. The molecule has 2 aromatic carbocycles. The van der Waals surface area contributed by atoms with Crippen molar-refractivity contribution in [1.82, 2.24) is 15.1 Å². The highest BCUT2D eigenvalue weighted by molar-refractivity contribution is 6.39. The van der Waals surface area contributed by atoms with Gasteiger partial charge in [0.15, 0.2) is 0 Å². The number of amides is 2. The van der Waals surface area contributed by atoms with Crippen LogP contribution in [0, 0.1) is 0 Å². The van der Waals surface area contributed by atoms with Gasteiger partial charge in [-0.3, -0.25) is 14.3 Å². The highest BCUT2D eigenvalue weighted by atomic mass is 19.3. The van der Waals surface area contributed by atoms with Crippen molar-refractivity contribution in [3.63, 3.8) is 0 Å². The van der Waals surface area contributed by atoms with E-state index in [0.29, 0.717) is 11.3 Å². The van der Waals surface area contributed by atoms with Crippen LogP contribution in [0.5, 0.6) is 0 Å². The Morgan fingerprint density at radius 1 is 1.14 bits per heavy atom. The van der Waals surface area contributed by atoms with E-state index in [0.717, 1.165) is 16.5 Å². The molecule has 29 heavy (non-hydrogen) atoms. The molecule has 2 N–H and O–H groups in total. The number of carbonyl (C=O) groups excluding carboxylic acids is 2. The Labute approximate surface area is 165 Å². The maximum absolute atomic E-state index is 13.5. The van der Waals surface area contributed by atoms with Crippen LogP contribution in [-0.4, -0.2) is 27.5 Å². The molecule has 1 heterocycles. The first-order valence-electron chi connectivity index (χ1n) is 9.18. The summed E-state index contributed by atoms with van der Waals surface area (Å²) < 4.78 is 28.6. The second kappa shape index (κ2) is 6.65. The van der Waals surface area contributed by atoms with Crippen LogP contribution in [0.2, 0.25) is 0 Å². The van der Waals surface area contributed by atoms with Crippen molar-refractivity contribution in [1.29, 1.82) is 0 Å². The first-order chi connectivity index (χ1) is 13.7. The summed E-state index contributed by atoms with van der Waals surface area (Å²) in [5.41, 5.74) is 1.35. The van der Waals surface area contributed by atoms with Crippen LogP contribution in [0.1, 0.15) is 24.5 Å². The number of nitrogens with zero attached hydrogens (tertiary/aromatic N) is 2. The number of benzene rings is 2. The summed E-state index contributed by atoms with van der Waals surface area (Å²) in [6, 6.07) is 11.8. The minimum Gasteiger partial charge on any atom is -0.344 e. The molecule has 6 nitrogen and oxygen atoms in total. The van der Waals surface area contributed by atoms with Crippen LogP contribution >= 0.6 is 0 Å². The number of rotatable bonds is 4. The lowest BCUT2D eigenvalue weighted by atomic mass is 9.97. The predicted octanol–water partition coefficient (Wildman–Crippen LogP) is 3.12. The van der Waals surface area contributed by atoms with E-state index in [1.54, 1.807) is 16.8 Å². The third-order valence-corrected chi connectivity index (χ3v) is 5.38. The second-order valence-corrected chi connectivity index (χ2v) is 7.62. The maximum Gasteiger partial charge on any atom is 0.313 e. The molecule has 1 saturated carbocycles. The minimum absolute atomic E-state index is 0.182. The summed E-state index contributed by atoms with van der Waals surface area (Å²) in [5.74, 6) is -4.30. The largest absolute Gasteiger partial charge is 0.344 e. The average molecular weight is 398 g/mol. The van der Waals surface area contributed by atoms with Crippen LogP contribution in [0.4, 0.5) is 14.5 Å². The Bertz CT molecular complexity index is 1110. The molecule has 2 amide bonds. The van der Waals surface area contributed by atoms with E-state index in [4.69, 9.17) is 0 Å². The third kappa shape index (κ3) is 3.57. The topological polar surface area (TPSA) is 76.0 Å². The van der Waals surface area contributed by atoms with E-state index in [2.05, 4.69) is 15.7 Å². The molecule has 1 atom stereocenters. The smallest absolute Gasteiger partial charge is 0.313 e. The molecule has 0 spiro atoms. The van der Waals surface area contributed by atoms with Gasteiger partial charge >= 0.3 is 11.8 Å². The van der Waals surface area contributed by atoms with Gasteiger partial charge in [0.2, 0.25) is 0 Å². The Balaban J connectivity index is 1.33. The van der Waals surface area contributed by atoms with E-state index >= 15 is 0 Å². The van der Waals surface area contributed by atoms with E-state index < -0.39 is 23.2 Å². The van der Waals surface area contributed by atoms with Gasteiger partial charge < -0.3 is 10.6 Å². The molecular formula is C21H20F2N4O2. The van der Waals surface area contributed by atoms with Crippen molar-refractivity contribution in [3.05, 3.63) is 59.8 Å². The lowest BCUT2D eigenvalue weighted by molar-refractivity contribution is -0.136. The van der Waals surface area contributed by atoms with Gasteiger partial charge in [-0.15, -0.1) is 0 Å². The summed E-state index contributed by atoms with van der Waals surface area (Å²) in [7, 11) is 1.83. The molecular weight excluding hydrogens is 378 g/mol. The molecule has 1 aromatic heterocycles. The number of nitrogens with one attached hydrogen (secondary N) is 2. The van der Waals surface area contributed by atoms with Crippen molar-refractivity contribution < 1.29 is 18.4 Å². The predicted molar refractivity (Wildman–Crippen MR) is 105 cm³/mol. The van der Waals surface area contributed by atoms with Crippen LogP contribution in [0.3, 0.4) is 0 Å². The first-order valence-corrected chi connectivity index (χ1v) is 9.18. The zero-order chi connectivity index (χ0) is 20.8. The van der Waals surface area contributed by atoms with E-state index in [-0.39, 0.29) is 13.0 Å². The maximum atomic E-state index is 13.5. The molecule has 0 saturated heterocycles. The molecule has 0 radical (unpaired) electrons. The number of halogens is 2. The Kier molecular flexibility index (Phi) is 4.37. The minimum atomic E-state index is -2.70. The quantitative estimate of drug-likeness (QED) is 0.663. The molecule has 150 valence electrons. The van der Waals surface area contributed by atoms with Crippen molar-refractivity contribution in [3.8, 4) is 0 Å². The second-order valence-electron chi connectivity index (χ2n) is 7.62. The average Bonchev–Trinajstić information content (AvgIpc) is 3.00.